The van der Waals surface area contributed by atoms with Gasteiger partial charge in [0.2, 0.25) is 5.95 Å². The summed E-state index contributed by atoms with van der Waals surface area (Å²) in [6.45, 7) is 2.08. The van der Waals surface area contributed by atoms with Gasteiger partial charge in [-0.3, -0.25) is 0 Å². The maximum atomic E-state index is 5.21. The highest BCUT2D eigenvalue weighted by atomic mass is 16.5. The molecule has 0 bridgehead atoms. The van der Waals surface area contributed by atoms with E-state index in [0.29, 0.717) is 5.95 Å². The summed E-state index contributed by atoms with van der Waals surface area (Å²) in [6, 6.07) is 7.66. The molecule has 6 heteroatoms. The van der Waals surface area contributed by atoms with E-state index in [9.17, 15) is 0 Å². The summed E-state index contributed by atoms with van der Waals surface area (Å²) in [5, 5.41) is 11.3. The van der Waals surface area contributed by atoms with E-state index in [1.165, 1.54) is 19.3 Å². The van der Waals surface area contributed by atoms with Gasteiger partial charge in [-0.15, -0.1) is 5.10 Å². The lowest BCUT2D eigenvalue weighted by Gasteiger charge is -2.27. The van der Waals surface area contributed by atoms with Gasteiger partial charge in [-0.25, -0.2) is 0 Å². The number of methoxy groups -OCH3 is 1. The zero-order chi connectivity index (χ0) is 14.5. The minimum Gasteiger partial charge on any atom is -0.497 e. The van der Waals surface area contributed by atoms with Crippen LogP contribution < -0.4 is 15.0 Å². The molecule has 1 fully saturated rings. The lowest BCUT2D eigenvalue weighted by atomic mass is 10.1. The van der Waals surface area contributed by atoms with E-state index < -0.39 is 0 Å². The molecule has 1 aliphatic heterocycles. The topological polar surface area (TPSA) is 63.2 Å². The highest BCUT2D eigenvalue weighted by Gasteiger charge is 2.13. The summed E-state index contributed by atoms with van der Waals surface area (Å²) in [5.74, 6) is 2.18. The Morgan fingerprint density at radius 2 is 2.05 bits per heavy atom. The first-order valence-electron chi connectivity index (χ1n) is 7.21. The average Bonchev–Trinajstić information content (AvgIpc) is 2.56. The first-order chi connectivity index (χ1) is 10.3. The van der Waals surface area contributed by atoms with Gasteiger partial charge >= 0.3 is 0 Å². The van der Waals surface area contributed by atoms with Crippen molar-refractivity contribution in [2.45, 2.75) is 19.3 Å². The van der Waals surface area contributed by atoms with Crippen molar-refractivity contribution in [3.63, 3.8) is 0 Å². The Morgan fingerprint density at radius 3 is 2.86 bits per heavy atom. The Labute approximate surface area is 124 Å². The maximum absolute atomic E-state index is 5.21. The third-order valence-electron chi connectivity index (χ3n) is 3.55. The number of ether oxygens (including phenoxy) is 1. The van der Waals surface area contributed by atoms with Crippen LogP contribution in [-0.4, -0.2) is 35.4 Å². The highest BCUT2D eigenvalue weighted by molar-refractivity contribution is 5.56. The van der Waals surface area contributed by atoms with Crippen molar-refractivity contribution in [3.8, 4) is 5.75 Å². The van der Waals surface area contributed by atoms with Crippen LogP contribution in [0.2, 0.25) is 0 Å². The Bertz CT molecular complexity index is 598. The van der Waals surface area contributed by atoms with Gasteiger partial charge in [-0.05, 0) is 31.4 Å². The van der Waals surface area contributed by atoms with Crippen LogP contribution in [0.5, 0.6) is 5.75 Å². The van der Waals surface area contributed by atoms with Crippen molar-refractivity contribution >= 4 is 17.5 Å². The molecule has 1 aliphatic rings. The van der Waals surface area contributed by atoms with E-state index in [2.05, 4.69) is 25.4 Å². The molecule has 0 saturated carbocycles. The molecule has 1 aromatic carbocycles. The number of piperidine rings is 1. The van der Waals surface area contributed by atoms with Gasteiger partial charge in [0.25, 0.3) is 0 Å². The summed E-state index contributed by atoms with van der Waals surface area (Å²) < 4.78 is 5.21. The molecule has 1 aromatic heterocycles. The second-order valence-corrected chi connectivity index (χ2v) is 5.04. The number of nitrogens with one attached hydrogen (secondary N) is 1. The minimum atomic E-state index is 0.506. The number of aromatic nitrogens is 3. The fourth-order valence-electron chi connectivity index (χ4n) is 2.45. The molecule has 3 rings (SSSR count). The SMILES string of the molecule is COc1cccc(Nc2nncc(N3CCCCC3)n2)c1. The van der Waals surface area contributed by atoms with E-state index in [1.807, 2.05) is 24.3 Å². The zero-order valence-corrected chi connectivity index (χ0v) is 12.1. The van der Waals surface area contributed by atoms with Crippen LogP contribution in [0.4, 0.5) is 17.5 Å². The molecule has 21 heavy (non-hydrogen) atoms. The van der Waals surface area contributed by atoms with Crippen molar-refractivity contribution < 1.29 is 4.74 Å². The molecular weight excluding hydrogens is 266 g/mol. The molecule has 6 nitrogen and oxygen atoms in total. The van der Waals surface area contributed by atoms with Crippen LogP contribution in [0.25, 0.3) is 0 Å². The highest BCUT2D eigenvalue weighted by Crippen LogP contribution is 2.21. The average molecular weight is 285 g/mol. The summed E-state index contributed by atoms with van der Waals surface area (Å²) >= 11 is 0. The molecule has 0 spiro atoms. The van der Waals surface area contributed by atoms with Gasteiger partial charge in [0, 0.05) is 24.8 Å². The van der Waals surface area contributed by atoms with Crippen molar-refractivity contribution in [1.29, 1.82) is 0 Å². The predicted octanol–water partition coefficient (Wildman–Crippen LogP) is 2.61. The van der Waals surface area contributed by atoms with Crippen molar-refractivity contribution in [1.82, 2.24) is 15.2 Å². The van der Waals surface area contributed by atoms with E-state index in [0.717, 1.165) is 30.3 Å². The molecule has 0 amide bonds. The number of nitrogens with zero attached hydrogens (tertiary/aromatic N) is 4. The largest absolute Gasteiger partial charge is 0.497 e. The molecule has 0 unspecified atom stereocenters. The molecule has 0 radical (unpaired) electrons. The van der Waals surface area contributed by atoms with Crippen molar-refractivity contribution in [2.75, 3.05) is 30.4 Å². The summed E-state index contributed by atoms with van der Waals surface area (Å²) in [4.78, 5) is 6.81. The van der Waals surface area contributed by atoms with Gasteiger partial charge in [-0.2, -0.15) is 10.1 Å². The molecule has 110 valence electrons. The van der Waals surface area contributed by atoms with Crippen LogP contribution >= 0.6 is 0 Å². The maximum Gasteiger partial charge on any atom is 0.249 e. The van der Waals surface area contributed by atoms with Crippen molar-refractivity contribution in [3.05, 3.63) is 30.5 Å². The third-order valence-corrected chi connectivity index (χ3v) is 3.55. The normalized spacial score (nSPS) is 14.8. The summed E-state index contributed by atoms with van der Waals surface area (Å²) in [5.41, 5.74) is 0.881. The molecule has 1 N–H and O–H groups in total. The van der Waals surface area contributed by atoms with Crippen LogP contribution in [-0.2, 0) is 0 Å². The first kappa shape index (κ1) is 13.6. The Kier molecular flexibility index (Phi) is 4.14. The third kappa shape index (κ3) is 3.39. The Morgan fingerprint density at radius 1 is 1.19 bits per heavy atom. The smallest absolute Gasteiger partial charge is 0.249 e. The quantitative estimate of drug-likeness (QED) is 0.931. The zero-order valence-electron chi connectivity index (χ0n) is 12.1. The second kappa shape index (κ2) is 6.39. The number of hydrogen-bond donors (Lipinski definition) is 1. The van der Waals surface area contributed by atoms with Gasteiger partial charge in [0.1, 0.15) is 5.75 Å². The molecule has 2 aromatic rings. The van der Waals surface area contributed by atoms with E-state index in [-0.39, 0.29) is 0 Å². The Balaban J connectivity index is 1.76. The van der Waals surface area contributed by atoms with E-state index in [4.69, 9.17) is 4.74 Å². The molecule has 2 heterocycles. The lowest BCUT2D eigenvalue weighted by Crippen LogP contribution is -2.30. The summed E-state index contributed by atoms with van der Waals surface area (Å²) in [7, 11) is 1.65. The lowest BCUT2D eigenvalue weighted by molar-refractivity contribution is 0.415. The van der Waals surface area contributed by atoms with Gasteiger partial charge in [0.05, 0.1) is 13.3 Å². The van der Waals surface area contributed by atoms with Crippen LogP contribution in [0.1, 0.15) is 19.3 Å². The van der Waals surface area contributed by atoms with E-state index in [1.54, 1.807) is 13.3 Å². The van der Waals surface area contributed by atoms with E-state index >= 15 is 0 Å². The number of benzene rings is 1. The van der Waals surface area contributed by atoms with Gasteiger partial charge < -0.3 is 15.0 Å². The molecule has 1 saturated heterocycles. The van der Waals surface area contributed by atoms with Gasteiger partial charge in [-0.1, -0.05) is 6.07 Å². The van der Waals surface area contributed by atoms with Crippen LogP contribution in [0.15, 0.2) is 30.5 Å². The van der Waals surface area contributed by atoms with Crippen LogP contribution in [0, 0.1) is 0 Å². The number of rotatable bonds is 4. The van der Waals surface area contributed by atoms with Crippen molar-refractivity contribution in [2.24, 2.45) is 0 Å². The minimum absolute atomic E-state index is 0.506. The number of anilines is 3. The standard InChI is InChI=1S/C15H19N5O/c1-21-13-7-5-6-12(10-13)17-15-18-14(11-16-19-15)20-8-3-2-4-9-20/h5-7,10-11H,2-4,8-9H2,1H3,(H,17,18,19). The monoisotopic (exact) mass is 285 g/mol. The predicted molar refractivity (Wildman–Crippen MR) is 82.2 cm³/mol. The second-order valence-electron chi connectivity index (χ2n) is 5.04. The summed E-state index contributed by atoms with van der Waals surface area (Å²) in [6.07, 6.45) is 5.44. The fourth-order valence-corrected chi connectivity index (χ4v) is 2.45. The molecule has 0 aliphatic carbocycles. The van der Waals surface area contributed by atoms with Crippen LogP contribution in [0.3, 0.4) is 0 Å². The number of hydrogen-bond acceptors (Lipinski definition) is 6. The molecule has 0 atom stereocenters. The van der Waals surface area contributed by atoms with Gasteiger partial charge in [0.15, 0.2) is 5.82 Å². The Hall–Kier alpha value is -2.37. The fraction of sp³-hybridized carbons (Fsp3) is 0.400. The first-order valence-corrected chi connectivity index (χ1v) is 7.21. The molecular formula is C15H19N5O.